The molecular weight excluding hydrogens is 425 g/mol. The lowest BCUT2D eigenvalue weighted by atomic mass is 10.1. The number of methoxy groups -OCH3 is 1. The monoisotopic (exact) mass is 439 g/mol. The van der Waals surface area contributed by atoms with E-state index in [1.807, 2.05) is 36.4 Å². The highest BCUT2D eigenvalue weighted by Gasteiger charge is 2.17. The topological polar surface area (TPSA) is 55.4 Å². The second-order valence-corrected chi connectivity index (χ2v) is 7.77. The zero-order valence-corrected chi connectivity index (χ0v) is 15.3. The molecule has 0 aromatic heterocycles. The summed E-state index contributed by atoms with van der Waals surface area (Å²) in [6.07, 6.45) is 0. The van der Waals surface area contributed by atoms with Crippen LogP contribution in [0.3, 0.4) is 0 Å². The van der Waals surface area contributed by atoms with Gasteiger partial charge in [0.1, 0.15) is 5.75 Å². The summed E-state index contributed by atoms with van der Waals surface area (Å²) >= 11 is 2.05. The van der Waals surface area contributed by atoms with Crippen LogP contribution in [0.1, 0.15) is 0 Å². The molecule has 4 nitrogen and oxygen atoms in total. The van der Waals surface area contributed by atoms with E-state index in [1.165, 1.54) is 6.07 Å². The highest BCUT2D eigenvalue weighted by Crippen LogP contribution is 2.28. The van der Waals surface area contributed by atoms with Gasteiger partial charge in [-0.2, -0.15) is 0 Å². The first kappa shape index (κ1) is 16.1. The minimum atomic E-state index is -3.66. The van der Waals surface area contributed by atoms with Crippen molar-refractivity contribution < 1.29 is 13.2 Å². The van der Waals surface area contributed by atoms with Gasteiger partial charge >= 0.3 is 0 Å². The Balaban J connectivity index is 2.02. The summed E-state index contributed by atoms with van der Waals surface area (Å²) < 4.78 is 33.9. The number of halogens is 1. The lowest BCUT2D eigenvalue weighted by Gasteiger charge is -2.12. The first-order valence-electron chi connectivity index (χ1n) is 6.85. The van der Waals surface area contributed by atoms with E-state index in [0.29, 0.717) is 11.4 Å². The van der Waals surface area contributed by atoms with E-state index in [4.69, 9.17) is 4.74 Å². The van der Waals surface area contributed by atoms with Crippen LogP contribution in [0.2, 0.25) is 0 Å². The van der Waals surface area contributed by atoms with Crippen molar-refractivity contribution in [2.75, 3.05) is 11.8 Å². The predicted octanol–water partition coefficient (Wildman–Crippen LogP) is 4.25. The van der Waals surface area contributed by atoms with E-state index in [2.05, 4.69) is 27.3 Å². The van der Waals surface area contributed by atoms with Crippen molar-refractivity contribution in [1.29, 1.82) is 0 Å². The number of ether oxygens (including phenoxy) is 1. The predicted molar refractivity (Wildman–Crippen MR) is 100 cm³/mol. The zero-order chi connectivity index (χ0) is 16.4. The number of sulfonamides is 1. The standard InChI is InChI=1S/C17H14INO3S/c1-22-17-10-9-13(11-15(17)18)23(20,21)19-16-8-4-6-12-5-2-3-7-14(12)16/h2-11,19H,1H3. The summed E-state index contributed by atoms with van der Waals surface area (Å²) in [6.45, 7) is 0. The fourth-order valence-electron chi connectivity index (χ4n) is 2.33. The summed E-state index contributed by atoms with van der Waals surface area (Å²) in [5, 5.41) is 1.85. The molecule has 0 aliphatic carbocycles. The van der Waals surface area contributed by atoms with Gasteiger partial charge < -0.3 is 4.74 Å². The Hall–Kier alpha value is -1.80. The van der Waals surface area contributed by atoms with E-state index in [0.717, 1.165) is 14.3 Å². The molecule has 6 heteroatoms. The summed E-state index contributed by atoms with van der Waals surface area (Å²) in [5.74, 6) is 0.648. The fraction of sp³-hybridized carbons (Fsp3) is 0.0588. The van der Waals surface area contributed by atoms with Gasteiger partial charge in [-0.25, -0.2) is 8.42 Å². The summed E-state index contributed by atoms with van der Waals surface area (Å²) in [5.41, 5.74) is 0.564. The lowest BCUT2D eigenvalue weighted by Crippen LogP contribution is -2.13. The molecule has 0 aliphatic heterocycles. The number of anilines is 1. The van der Waals surface area contributed by atoms with Gasteiger partial charge in [-0.15, -0.1) is 0 Å². The second kappa shape index (κ2) is 6.37. The smallest absolute Gasteiger partial charge is 0.261 e. The van der Waals surface area contributed by atoms with Crippen molar-refractivity contribution in [3.63, 3.8) is 0 Å². The van der Waals surface area contributed by atoms with Crippen LogP contribution in [0.4, 0.5) is 5.69 Å². The van der Waals surface area contributed by atoms with Gasteiger partial charge in [0.25, 0.3) is 10.0 Å². The van der Waals surface area contributed by atoms with Gasteiger partial charge in [0.05, 0.1) is 21.3 Å². The molecule has 0 spiro atoms. The molecule has 0 atom stereocenters. The van der Waals surface area contributed by atoms with Crippen molar-refractivity contribution in [1.82, 2.24) is 0 Å². The van der Waals surface area contributed by atoms with Gasteiger partial charge in [-0.1, -0.05) is 36.4 Å². The van der Waals surface area contributed by atoms with E-state index in [9.17, 15) is 8.42 Å². The maximum absolute atomic E-state index is 12.6. The third kappa shape index (κ3) is 3.28. The normalized spacial score (nSPS) is 11.4. The second-order valence-electron chi connectivity index (χ2n) is 4.93. The molecule has 3 aromatic carbocycles. The van der Waals surface area contributed by atoms with Gasteiger partial charge in [0.2, 0.25) is 0 Å². The van der Waals surface area contributed by atoms with Crippen LogP contribution in [0, 0.1) is 3.57 Å². The largest absolute Gasteiger partial charge is 0.496 e. The quantitative estimate of drug-likeness (QED) is 0.619. The summed E-state index contributed by atoms with van der Waals surface area (Å²) in [6, 6.07) is 18.0. The van der Waals surface area contributed by atoms with Gasteiger partial charge in [0.15, 0.2) is 0 Å². The number of hydrogen-bond donors (Lipinski definition) is 1. The lowest BCUT2D eigenvalue weighted by molar-refractivity contribution is 0.411. The third-order valence-electron chi connectivity index (χ3n) is 3.47. The Bertz CT molecular complexity index is 965. The molecular formula is C17H14INO3S. The third-order valence-corrected chi connectivity index (χ3v) is 5.67. The maximum atomic E-state index is 12.6. The molecule has 3 aromatic rings. The number of benzene rings is 3. The van der Waals surface area contributed by atoms with E-state index < -0.39 is 10.0 Å². The number of fused-ring (bicyclic) bond motifs is 1. The van der Waals surface area contributed by atoms with Crippen molar-refractivity contribution >= 4 is 49.1 Å². The Morgan fingerprint density at radius 3 is 2.48 bits per heavy atom. The molecule has 118 valence electrons. The fourth-order valence-corrected chi connectivity index (χ4v) is 4.38. The molecule has 3 rings (SSSR count). The number of nitrogens with one attached hydrogen (secondary N) is 1. The Morgan fingerprint density at radius 1 is 1.00 bits per heavy atom. The zero-order valence-electron chi connectivity index (χ0n) is 12.3. The molecule has 0 radical (unpaired) electrons. The van der Waals surface area contributed by atoms with Crippen LogP contribution in [-0.4, -0.2) is 15.5 Å². The van der Waals surface area contributed by atoms with Gasteiger partial charge in [-0.05, 0) is 52.2 Å². The molecule has 0 saturated heterocycles. The van der Waals surface area contributed by atoms with Crippen molar-refractivity contribution in [3.8, 4) is 5.75 Å². The molecule has 0 saturated carbocycles. The van der Waals surface area contributed by atoms with E-state index >= 15 is 0 Å². The Morgan fingerprint density at radius 2 is 1.74 bits per heavy atom. The van der Waals surface area contributed by atoms with Crippen molar-refractivity contribution in [2.45, 2.75) is 4.90 Å². The first-order chi connectivity index (χ1) is 11.0. The Labute approximate surface area is 148 Å². The molecule has 0 heterocycles. The van der Waals surface area contributed by atoms with Crippen molar-refractivity contribution in [2.24, 2.45) is 0 Å². The maximum Gasteiger partial charge on any atom is 0.261 e. The van der Waals surface area contributed by atoms with Crippen LogP contribution in [0.25, 0.3) is 10.8 Å². The molecule has 1 N–H and O–H groups in total. The molecule has 0 bridgehead atoms. The molecule has 0 unspecified atom stereocenters. The summed E-state index contributed by atoms with van der Waals surface area (Å²) in [7, 11) is -2.11. The number of rotatable bonds is 4. The number of hydrogen-bond acceptors (Lipinski definition) is 3. The average molecular weight is 439 g/mol. The minimum absolute atomic E-state index is 0.204. The van der Waals surface area contributed by atoms with Gasteiger partial charge in [-0.3, -0.25) is 4.72 Å². The minimum Gasteiger partial charge on any atom is -0.496 e. The van der Waals surface area contributed by atoms with Crippen LogP contribution in [0.5, 0.6) is 5.75 Å². The molecule has 0 fully saturated rings. The van der Waals surface area contributed by atoms with Gasteiger partial charge in [0, 0.05) is 5.39 Å². The molecule has 23 heavy (non-hydrogen) atoms. The molecule has 0 aliphatic rings. The van der Waals surface area contributed by atoms with Crippen LogP contribution < -0.4 is 9.46 Å². The van der Waals surface area contributed by atoms with Crippen LogP contribution in [0.15, 0.2) is 65.6 Å². The van der Waals surface area contributed by atoms with Crippen LogP contribution >= 0.6 is 22.6 Å². The average Bonchev–Trinajstić information content (AvgIpc) is 2.55. The first-order valence-corrected chi connectivity index (χ1v) is 9.41. The highest BCUT2D eigenvalue weighted by molar-refractivity contribution is 14.1. The van der Waals surface area contributed by atoms with Crippen LogP contribution in [-0.2, 0) is 10.0 Å². The van der Waals surface area contributed by atoms with Crippen molar-refractivity contribution in [3.05, 3.63) is 64.2 Å². The highest BCUT2D eigenvalue weighted by atomic mass is 127. The van der Waals surface area contributed by atoms with E-state index in [-0.39, 0.29) is 4.90 Å². The van der Waals surface area contributed by atoms with E-state index in [1.54, 1.807) is 25.3 Å². The SMILES string of the molecule is COc1ccc(S(=O)(=O)Nc2cccc3ccccc23)cc1I. The summed E-state index contributed by atoms with van der Waals surface area (Å²) in [4.78, 5) is 0.204. The molecule has 0 amide bonds. The Kier molecular flexibility index (Phi) is 4.45.